The first kappa shape index (κ1) is 17.3. The van der Waals surface area contributed by atoms with Gasteiger partial charge in [0.1, 0.15) is 18.5 Å². The quantitative estimate of drug-likeness (QED) is 0.375. The molecule has 27 heavy (non-hydrogen) atoms. The Hall–Kier alpha value is -3.07. The molecule has 0 fully saturated rings. The molecule has 3 heteroatoms. The molecular formula is C24H24NO2+. The van der Waals surface area contributed by atoms with Gasteiger partial charge in [0.2, 0.25) is 11.0 Å². The van der Waals surface area contributed by atoms with Gasteiger partial charge in [0.15, 0.2) is 0 Å². The standard InChI is InChI=1S/C24H24NO2/c1-15-7-6-8-16(2)23(15)24-19-13-17(26-4)9-11-21(19)25(3)22-12-10-18(27-5)14-20(22)24/h6-14H,1-5H3/q+1. The van der Waals surface area contributed by atoms with E-state index in [1.807, 2.05) is 12.1 Å². The fraction of sp³-hybridized carbons (Fsp3) is 0.208. The summed E-state index contributed by atoms with van der Waals surface area (Å²) >= 11 is 0. The van der Waals surface area contributed by atoms with Gasteiger partial charge in [0, 0.05) is 17.7 Å². The van der Waals surface area contributed by atoms with Gasteiger partial charge in [-0.3, -0.25) is 0 Å². The zero-order valence-corrected chi connectivity index (χ0v) is 16.5. The lowest BCUT2D eigenvalue weighted by molar-refractivity contribution is -0.617. The van der Waals surface area contributed by atoms with Gasteiger partial charge >= 0.3 is 0 Å². The molecule has 0 radical (unpaired) electrons. The van der Waals surface area contributed by atoms with Crippen LogP contribution in [0.5, 0.6) is 11.5 Å². The molecule has 0 N–H and O–H groups in total. The summed E-state index contributed by atoms with van der Waals surface area (Å²) in [4.78, 5) is 0. The second kappa shape index (κ2) is 6.58. The van der Waals surface area contributed by atoms with Crippen LogP contribution >= 0.6 is 0 Å². The largest absolute Gasteiger partial charge is 0.497 e. The maximum absolute atomic E-state index is 5.54. The average Bonchev–Trinajstić information content (AvgIpc) is 2.69. The maximum atomic E-state index is 5.54. The molecule has 3 aromatic carbocycles. The monoisotopic (exact) mass is 358 g/mol. The van der Waals surface area contributed by atoms with Crippen molar-refractivity contribution in [2.45, 2.75) is 13.8 Å². The first-order valence-corrected chi connectivity index (χ1v) is 9.09. The fourth-order valence-electron chi connectivity index (χ4n) is 4.02. The number of nitrogens with zero attached hydrogens (tertiary/aromatic N) is 1. The van der Waals surface area contributed by atoms with Gasteiger partial charge < -0.3 is 9.47 Å². The molecule has 0 aliphatic carbocycles. The van der Waals surface area contributed by atoms with E-state index in [1.165, 1.54) is 44.1 Å². The summed E-state index contributed by atoms with van der Waals surface area (Å²) in [5.41, 5.74) is 7.37. The van der Waals surface area contributed by atoms with Crippen LogP contribution in [0.1, 0.15) is 11.1 Å². The number of fused-ring (bicyclic) bond motifs is 2. The molecule has 1 aromatic heterocycles. The maximum Gasteiger partial charge on any atom is 0.213 e. The van der Waals surface area contributed by atoms with E-state index in [4.69, 9.17) is 9.47 Å². The molecule has 0 spiro atoms. The predicted molar refractivity (Wildman–Crippen MR) is 111 cm³/mol. The van der Waals surface area contributed by atoms with Crippen LogP contribution in [-0.2, 0) is 7.05 Å². The van der Waals surface area contributed by atoms with E-state index in [2.05, 4.69) is 67.9 Å². The molecule has 0 aliphatic heterocycles. The third-order valence-corrected chi connectivity index (χ3v) is 5.40. The number of benzene rings is 3. The van der Waals surface area contributed by atoms with Crippen LogP contribution in [0.3, 0.4) is 0 Å². The van der Waals surface area contributed by atoms with E-state index in [0.717, 1.165) is 11.5 Å². The van der Waals surface area contributed by atoms with Crippen molar-refractivity contribution in [1.29, 1.82) is 0 Å². The fourth-order valence-corrected chi connectivity index (χ4v) is 4.02. The number of aromatic nitrogens is 1. The van der Waals surface area contributed by atoms with Crippen LogP contribution < -0.4 is 14.0 Å². The molecule has 0 unspecified atom stereocenters. The van der Waals surface area contributed by atoms with Crippen LogP contribution in [0.2, 0.25) is 0 Å². The Morgan fingerprint density at radius 2 is 1.15 bits per heavy atom. The Kier molecular flexibility index (Phi) is 4.23. The molecule has 0 atom stereocenters. The summed E-state index contributed by atoms with van der Waals surface area (Å²) in [6.45, 7) is 4.35. The molecular weight excluding hydrogens is 334 g/mol. The number of hydrogen-bond acceptors (Lipinski definition) is 2. The predicted octanol–water partition coefficient (Wildman–Crippen LogP) is 5.12. The van der Waals surface area contributed by atoms with Gasteiger partial charge in [-0.15, -0.1) is 0 Å². The van der Waals surface area contributed by atoms with Crippen molar-refractivity contribution in [1.82, 2.24) is 0 Å². The van der Waals surface area contributed by atoms with Crippen LogP contribution in [0.4, 0.5) is 0 Å². The van der Waals surface area contributed by atoms with E-state index < -0.39 is 0 Å². The molecule has 4 rings (SSSR count). The minimum absolute atomic E-state index is 0.859. The summed E-state index contributed by atoms with van der Waals surface area (Å²) in [6, 6.07) is 19.0. The zero-order valence-electron chi connectivity index (χ0n) is 16.5. The van der Waals surface area contributed by atoms with Gasteiger partial charge in [-0.2, -0.15) is 4.57 Å². The van der Waals surface area contributed by atoms with Gasteiger partial charge in [0.05, 0.1) is 25.0 Å². The number of rotatable bonds is 3. The molecule has 136 valence electrons. The lowest BCUT2D eigenvalue weighted by atomic mass is 9.90. The highest BCUT2D eigenvalue weighted by atomic mass is 16.5. The highest BCUT2D eigenvalue weighted by Gasteiger charge is 2.22. The van der Waals surface area contributed by atoms with E-state index in [0.29, 0.717) is 0 Å². The molecule has 0 saturated carbocycles. The van der Waals surface area contributed by atoms with Gasteiger partial charge in [0.25, 0.3) is 0 Å². The third-order valence-electron chi connectivity index (χ3n) is 5.40. The minimum Gasteiger partial charge on any atom is -0.497 e. The molecule has 0 amide bonds. The van der Waals surface area contributed by atoms with E-state index >= 15 is 0 Å². The Balaban J connectivity index is 2.29. The summed E-state index contributed by atoms with van der Waals surface area (Å²) in [7, 11) is 5.53. The van der Waals surface area contributed by atoms with Crippen molar-refractivity contribution < 1.29 is 14.0 Å². The molecule has 0 bridgehead atoms. The molecule has 1 heterocycles. The minimum atomic E-state index is 0.859. The number of ether oxygens (including phenoxy) is 2. The smallest absolute Gasteiger partial charge is 0.213 e. The summed E-state index contributed by atoms with van der Waals surface area (Å²) < 4.78 is 13.3. The Bertz CT molecular complexity index is 1090. The highest BCUT2D eigenvalue weighted by molar-refractivity contribution is 6.09. The van der Waals surface area contributed by atoms with Crippen molar-refractivity contribution in [2.24, 2.45) is 7.05 Å². The lowest BCUT2D eigenvalue weighted by Crippen LogP contribution is -2.30. The summed E-state index contributed by atoms with van der Waals surface area (Å²) in [6.07, 6.45) is 0. The summed E-state index contributed by atoms with van der Waals surface area (Å²) in [5.74, 6) is 1.72. The first-order valence-electron chi connectivity index (χ1n) is 9.09. The first-order chi connectivity index (χ1) is 13.0. The normalized spacial score (nSPS) is 11.1. The van der Waals surface area contributed by atoms with Crippen molar-refractivity contribution in [3.63, 3.8) is 0 Å². The second-order valence-electron chi connectivity index (χ2n) is 6.97. The molecule has 3 nitrogen and oxygen atoms in total. The van der Waals surface area contributed by atoms with E-state index in [-0.39, 0.29) is 0 Å². The molecule has 4 aromatic rings. The average molecular weight is 358 g/mol. The van der Waals surface area contributed by atoms with Crippen molar-refractivity contribution >= 4 is 21.8 Å². The number of pyridine rings is 1. The number of hydrogen-bond donors (Lipinski definition) is 0. The lowest BCUT2D eigenvalue weighted by Gasteiger charge is -2.16. The van der Waals surface area contributed by atoms with E-state index in [9.17, 15) is 0 Å². The Labute approximate surface area is 159 Å². The zero-order chi connectivity index (χ0) is 19.1. The third kappa shape index (κ3) is 2.71. The van der Waals surface area contributed by atoms with Crippen molar-refractivity contribution in [3.8, 4) is 22.6 Å². The Morgan fingerprint density at radius 1 is 0.667 bits per heavy atom. The van der Waals surface area contributed by atoms with Crippen molar-refractivity contribution in [2.75, 3.05) is 14.2 Å². The number of aryl methyl sites for hydroxylation is 3. The SMILES string of the molecule is COc1ccc2c(c1)c(-c1c(C)cccc1C)c1cc(OC)ccc1[n+]2C. The topological polar surface area (TPSA) is 22.3 Å². The van der Waals surface area contributed by atoms with Gasteiger partial charge in [-0.05, 0) is 54.8 Å². The van der Waals surface area contributed by atoms with Crippen LogP contribution in [0.15, 0.2) is 54.6 Å². The van der Waals surface area contributed by atoms with E-state index in [1.54, 1.807) is 14.2 Å². The number of methoxy groups -OCH3 is 2. The second-order valence-corrected chi connectivity index (χ2v) is 6.97. The van der Waals surface area contributed by atoms with Crippen molar-refractivity contribution in [3.05, 3.63) is 65.7 Å². The van der Waals surface area contributed by atoms with Gasteiger partial charge in [-0.25, -0.2) is 0 Å². The highest BCUT2D eigenvalue weighted by Crippen LogP contribution is 2.39. The van der Waals surface area contributed by atoms with Crippen LogP contribution in [0.25, 0.3) is 32.9 Å². The molecule has 0 aliphatic rings. The summed E-state index contributed by atoms with van der Waals surface area (Å²) in [5, 5.41) is 2.35. The Morgan fingerprint density at radius 3 is 1.59 bits per heavy atom. The van der Waals surface area contributed by atoms with Gasteiger partial charge in [-0.1, -0.05) is 18.2 Å². The van der Waals surface area contributed by atoms with Crippen LogP contribution in [0, 0.1) is 13.8 Å². The molecule has 0 saturated heterocycles. The van der Waals surface area contributed by atoms with Crippen LogP contribution in [-0.4, -0.2) is 14.2 Å².